The van der Waals surface area contributed by atoms with E-state index >= 15 is 0 Å². The van der Waals surface area contributed by atoms with Gasteiger partial charge >= 0.3 is 5.97 Å². The molecule has 0 amide bonds. The van der Waals surface area contributed by atoms with Gasteiger partial charge in [0.2, 0.25) is 0 Å². The first-order valence-electron chi connectivity index (χ1n) is 5.45. The van der Waals surface area contributed by atoms with Gasteiger partial charge in [-0.2, -0.15) is 0 Å². The van der Waals surface area contributed by atoms with Gasteiger partial charge in [-0.25, -0.2) is 0 Å². The SMILES string of the molecule is CC1CCCC(C2CCC(=O)O2)C1. The van der Waals surface area contributed by atoms with Gasteiger partial charge in [0, 0.05) is 6.42 Å². The van der Waals surface area contributed by atoms with Crippen LogP contribution >= 0.6 is 0 Å². The number of ether oxygens (including phenoxy) is 1. The average molecular weight is 182 g/mol. The molecule has 1 heterocycles. The summed E-state index contributed by atoms with van der Waals surface area (Å²) in [6, 6.07) is 0. The number of carbonyl (C=O) groups is 1. The lowest BCUT2D eigenvalue weighted by atomic mass is 9.79. The van der Waals surface area contributed by atoms with Gasteiger partial charge in [0.25, 0.3) is 0 Å². The van der Waals surface area contributed by atoms with Crippen LogP contribution in [0.3, 0.4) is 0 Å². The molecule has 0 N–H and O–H groups in total. The molecule has 3 unspecified atom stereocenters. The summed E-state index contributed by atoms with van der Waals surface area (Å²) in [6.07, 6.45) is 7.08. The summed E-state index contributed by atoms with van der Waals surface area (Å²) >= 11 is 0. The molecule has 0 aromatic carbocycles. The van der Waals surface area contributed by atoms with Crippen LogP contribution in [0.5, 0.6) is 0 Å². The minimum absolute atomic E-state index is 0.0169. The molecule has 1 aliphatic carbocycles. The number of hydrogen-bond acceptors (Lipinski definition) is 2. The third kappa shape index (κ3) is 2.04. The van der Waals surface area contributed by atoms with E-state index in [0.29, 0.717) is 12.3 Å². The summed E-state index contributed by atoms with van der Waals surface area (Å²) in [7, 11) is 0. The monoisotopic (exact) mass is 182 g/mol. The zero-order valence-corrected chi connectivity index (χ0v) is 8.29. The Kier molecular flexibility index (Phi) is 2.56. The van der Waals surface area contributed by atoms with Crippen molar-refractivity contribution in [2.24, 2.45) is 11.8 Å². The van der Waals surface area contributed by atoms with Crippen molar-refractivity contribution in [1.82, 2.24) is 0 Å². The number of rotatable bonds is 1. The van der Waals surface area contributed by atoms with Crippen LogP contribution in [0.15, 0.2) is 0 Å². The van der Waals surface area contributed by atoms with Crippen molar-refractivity contribution in [2.45, 2.75) is 51.6 Å². The van der Waals surface area contributed by atoms with Crippen LogP contribution in [0.2, 0.25) is 0 Å². The van der Waals surface area contributed by atoms with E-state index in [1.807, 2.05) is 0 Å². The van der Waals surface area contributed by atoms with E-state index in [0.717, 1.165) is 12.3 Å². The lowest BCUT2D eigenvalue weighted by molar-refractivity contribution is -0.143. The van der Waals surface area contributed by atoms with Crippen molar-refractivity contribution in [3.63, 3.8) is 0 Å². The molecule has 1 saturated carbocycles. The molecule has 0 bridgehead atoms. The second kappa shape index (κ2) is 3.69. The molecule has 2 fully saturated rings. The Balaban J connectivity index is 1.89. The molecular weight excluding hydrogens is 164 g/mol. The van der Waals surface area contributed by atoms with Crippen LogP contribution in [0, 0.1) is 11.8 Å². The zero-order chi connectivity index (χ0) is 9.26. The van der Waals surface area contributed by atoms with Crippen LogP contribution in [0.1, 0.15) is 45.4 Å². The quantitative estimate of drug-likeness (QED) is 0.582. The maximum Gasteiger partial charge on any atom is 0.306 e. The Morgan fingerprint density at radius 3 is 2.77 bits per heavy atom. The smallest absolute Gasteiger partial charge is 0.306 e. The van der Waals surface area contributed by atoms with E-state index in [2.05, 4.69) is 6.92 Å². The predicted octanol–water partition coefficient (Wildman–Crippen LogP) is 2.52. The summed E-state index contributed by atoms with van der Waals surface area (Å²) in [5.41, 5.74) is 0. The van der Waals surface area contributed by atoms with E-state index in [4.69, 9.17) is 4.74 Å². The number of cyclic esters (lactones) is 1. The van der Waals surface area contributed by atoms with Crippen molar-refractivity contribution >= 4 is 5.97 Å². The minimum atomic E-state index is 0.0169. The zero-order valence-electron chi connectivity index (χ0n) is 8.29. The van der Waals surface area contributed by atoms with E-state index in [1.54, 1.807) is 0 Å². The first kappa shape index (κ1) is 9.04. The van der Waals surface area contributed by atoms with Crippen molar-refractivity contribution < 1.29 is 9.53 Å². The van der Waals surface area contributed by atoms with Gasteiger partial charge in [-0.3, -0.25) is 4.79 Å². The number of carbonyl (C=O) groups excluding carboxylic acids is 1. The third-order valence-corrected chi connectivity index (χ3v) is 3.42. The highest BCUT2D eigenvalue weighted by atomic mass is 16.5. The standard InChI is InChI=1S/C11H18O2/c1-8-3-2-4-9(7-8)10-5-6-11(12)13-10/h8-10H,2-7H2,1H3. The van der Waals surface area contributed by atoms with E-state index in [-0.39, 0.29) is 12.1 Å². The molecule has 2 heteroatoms. The van der Waals surface area contributed by atoms with Crippen molar-refractivity contribution in [3.05, 3.63) is 0 Å². The second-order valence-electron chi connectivity index (χ2n) is 4.60. The molecule has 3 atom stereocenters. The van der Waals surface area contributed by atoms with Gasteiger partial charge < -0.3 is 4.74 Å². The van der Waals surface area contributed by atoms with Gasteiger partial charge in [-0.1, -0.05) is 19.8 Å². The van der Waals surface area contributed by atoms with Crippen LogP contribution < -0.4 is 0 Å². The fraction of sp³-hybridized carbons (Fsp3) is 0.909. The molecular formula is C11H18O2. The fourth-order valence-corrected chi connectivity index (χ4v) is 2.70. The molecule has 2 rings (SSSR count). The van der Waals surface area contributed by atoms with Crippen molar-refractivity contribution in [3.8, 4) is 0 Å². The summed E-state index contributed by atoms with van der Waals surface area (Å²) in [5.74, 6) is 1.51. The van der Waals surface area contributed by atoms with Crippen molar-refractivity contribution in [2.75, 3.05) is 0 Å². The maximum absolute atomic E-state index is 11.0. The van der Waals surface area contributed by atoms with E-state index in [9.17, 15) is 4.79 Å². The lowest BCUT2D eigenvalue weighted by Crippen LogP contribution is -2.25. The molecule has 0 radical (unpaired) electrons. The Hall–Kier alpha value is -0.530. The first-order valence-corrected chi connectivity index (χ1v) is 5.45. The molecule has 13 heavy (non-hydrogen) atoms. The largest absolute Gasteiger partial charge is 0.462 e. The summed E-state index contributed by atoms with van der Waals surface area (Å²) in [6.45, 7) is 2.31. The van der Waals surface area contributed by atoms with E-state index < -0.39 is 0 Å². The van der Waals surface area contributed by atoms with Gasteiger partial charge in [0.05, 0.1) is 0 Å². The van der Waals surface area contributed by atoms with Gasteiger partial charge in [0.1, 0.15) is 6.10 Å². The Morgan fingerprint density at radius 1 is 1.31 bits per heavy atom. The van der Waals surface area contributed by atoms with Crippen LogP contribution in [-0.2, 0) is 9.53 Å². The Labute approximate surface area is 79.7 Å². The Bertz CT molecular complexity index is 200. The number of esters is 1. The Morgan fingerprint density at radius 2 is 2.15 bits per heavy atom. The lowest BCUT2D eigenvalue weighted by Gasteiger charge is -2.30. The predicted molar refractivity (Wildman–Crippen MR) is 50.2 cm³/mol. The van der Waals surface area contributed by atoms with Crippen LogP contribution in [-0.4, -0.2) is 12.1 Å². The number of hydrogen-bond donors (Lipinski definition) is 0. The third-order valence-electron chi connectivity index (χ3n) is 3.42. The maximum atomic E-state index is 11.0. The first-order chi connectivity index (χ1) is 6.25. The highest BCUT2D eigenvalue weighted by Crippen LogP contribution is 2.35. The topological polar surface area (TPSA) is 26.3 Å². The highest BCUT2D eigenvalue weighted by molar-refractivity contribution is 5.71. The molecule has 1 saturated heterocycles. The van der Waals surface area contributed by atoms with Crippen molar-refractivity contribution in [1.29, 1.82) is 0 Å². The molecule has 0 spiro atoms. The molecule has 74 valence electrons. The average Bonchev–Trinajstić information content (AvgIpc) is 2.52. The second-order valence-corrected chi connectivity index (χ2v) is 4.60. The minimum Gasteiger partial charge on any atom is -0.462 e. The molecule has 0 aromatic heterocycles. The highest BCUT2D eigenvalue weighted by Gasteiger charge is 2.33. The molecule has 0 aromatic rings. The van der Waals surface area contributed by atoms with Gasteiger partial charge in [0.15, 0.2) is 0 Å². The van der Waals surface area contributed by atoms with Crippen LogP contribution in [0.25, 0.3) is 0 Å². The van der Waals surface area contributed by atoms with Crippen LogP contribution in [0.4, 0.5) is 0 Å². The van der Waals surface area contributed by atoms with Gasteiger partial charge in [-0.15, -0.1) is 0 Å². The fourth-order valence-electron chi connectivity index (χ4n) is 2.70. The molecule has 2 nitrogen and oxygen atoms in total. The summed E-state index contributed by atoms with van der Waals surface area (Å²) in [4.78, 5) is 11.0. The normalized spacial score (nSPS) is 40.4. The summed E-state index contributed by atoms with van der Waals surface area (Å²) in [5, 5.41) is 0. The van der Waals surface area contributed by atoms with Gasteiger partial charge in [-0.05, 0) is 31.1 Å². The summed E-state index contributed by atoms with van der Waals surface area (Å²) < 4.78 is 5.31. The molecule has 1 aliphatic heterocycles. The van der Waals surface area contributed by atoms with E-state index in [1.165, 1.54) is 25.7 Å². The molecule has 2 aliphatic rings.